The van der Waals surface area contributed by atoms with Crippen LogP contribution in [0, 0.1) is 0 Å². The smallest absolute Gasteiger partial charge is 0.317 e. The maximum atomic E-state index is 12.5. The van der Waals surface area contributed by atoms with Gasteiger partial charge in [-0.1, -0.05) is 6.07 Å². The average Bonchev–Trinajstić information content (AvgIpc) is 2.89. The third-order valence-electron chi connectivity index (χ3n) is 4.04. The van der Waals surface area contributed by atoms with Gasteiger partial charge < -0.3 is 15.3 Å². The van der Waals surface area contributed by atoms with Gasteiger partial charge in [-0.15, -0.1) is 11.3 Å². The number of β-amino-alcohol motifs (C(OH)–C–C–N with tert-alkyl or cyclic N) is 1. The zero-order valence-corrected chi connectivity index (χ0v) is 15.4. The highest BCUT2D eigenvalue weighted by atomic mass is 32.1. The number of amides is 2. The van der Waals surface area contributed by atoms with Crippen LogP contribution in [0.1, 0.15) is 32.6 Å². The van der Waals surface area contributed by atoms with Crippen LogP contribution in [-0.4, -0.2) is 64.8 Å². The van der Waals surface area contributed by atoms with E-state index in [1.807, 2.05) is 31.7 Å². The van der Waals surface area contributed by atoms with Crippen molar-refractivity contribution in [3.8, 4) is 0 Å². The molecule has 1 saturated heterocycles. The van der Waals surface area contributed by atoms with Crippen LogP contribution < -0.4 is 5.32 Å². The summed E-state index contributed by atoms with van der Waals surface area (Å²) in [6.07, 6.45) is 0.871. The maximum Gasteiger partial charge on any atom is 0.317 e. The second kappa shape index (κ2) is 7.64. The molecular formula is C17H29N3O2S. The highest BCUT2D eigenvalue weighted by molar-refractivity contribution is 7.09. The molecule has 1 aromatic rings. The maximum absolute atomic E-state index is 12.5. The van der Waals surface area contributed by atoms with Gasteiger partial charge in [0, 0.05) is 49.6 Å². The fourth-order valence-corrected chi connectivity index (χ4v) is 3.94. The molecule has 1 aliphatic rings. The molecule has 1 aromatic heterocycles. The normalized spacial score (nSPS) is 21.3. The summed E-state index contributed by atoms with van der Waals surface area (Å²) in [5, 5.41) is 15.1. The predicted molar refractivity (Wildman–Crippen MR) is 94.9 cm³/mol. The molecule has 23 heavy (non-hydrogen) atoms. The van der Waals surface area contributed by atoms with E-state index in [9.17, 15) is 9.90 Å². The van der Waals surface area contributed by atoms with Gasteiger partial charge in [-0.25, -0.2) is 4.79 Å². The van der Waals surface area contributed by atoms with E-state index in [4.69, 9.17) is 0 Å². The highest BCUT2D eigenvalue weighted by Crippen LogP contribution is 2.15. The monoisotopic (exact) mass is 339 g/mol. The summed E-state index contributed by atoms with van der Waals surface area (Å²) in [4.78, 5) is 17.9. The number of urea groups is 1. The van der Waals surface area contributed by atoms with Crippen molar-refractivity contribution < 1.29 is 9.90 Å². The largest absolute Gasteiger partial charge is 0.389 e. The quantitative estimate of drug-likeness (QED) is 0.864. The summed E-state index contributed by atoms with van der Waals surface area (Å²) in [5.41, 5.74) is -0.695. The Kier molecular flexibility index (Phi) is 6.06. The molecule has 6 heteroatoms. The number of aliphatic hydroxyl groups is 1. The Morgan fingerprint density at radius 3 is 2.83 bits per heavy atom. The molecular weight excluding hydrogens is 310 g/mol. The molecule has 0 unspecified atom stereocenters. The van der Waals surface area contributed by atoms with Crippen LogP contribution in [0.15, 0.2) is 17.5 Å². The standard InChI is InChI=1S/C17H29N3O2S/c1-13(10-15-6-5-9-23-15)18-16(21)20-8-7-19(11-14(20)2)12-17(3,4)22/h5-6,9,13-14,22H,7-8,10-12H2,1-4H3,(H,18,21)/t13-,14-/m1/s1. The lowest BCUT2D eigenvalue weighted by Gasteiger charge is -2.41. The third-order valence-corrected chi connectivity index (χ3v) is 4.94. The van der Waals surface area contributed by atoms with E-state index in [0.717, 1.165) is 19.5 Å². The minimum atomic E-state index is -0.695. The van der Waals surface area contributed by atoms with E-state index in [0.29, 0.717) is 13.1 Å². The Morgan fingerprint density at radius 2 is 2.26 bits per heavy atom. The van der Waals surface area contributed by atoms with Crippen molar-refractivity contribution >= 4 is 17.4 Å². The van der Waals surface area contributed by atoms with Gasteiger partial charge in [0.2, 0.25) is 0 Å². The second-order valence-electron chi connectivity index (χ2n) is 7.22. The van der Waals surface area contributed by atoms with Gasteiger partial charge in [-0.2, -0.15) is 0 Å². The van der Waals surface area contributed by atoms with Crippen LogP contribution in [-0.2, 0) is 6.42 Å². The second-order valence-corrected chi connectivity index (χ2v) is 8.26. The molecule has 2 N–H and O–H groups in total. The van der Waals surface area contributed by atoms with Gasteiger partial charge >= 0.3 is 6.03 Å². The molecule has 130 valence electrons. The number of carbonyl (C=O) groups is 1. The summed E-state index contributed by atoms with van der Waals surface area (Å²) < 4.78 is 0. The highest BCUT2D eigenvalue weighted by Gasteiger charge is 2.30. The minimum Gasteiger partial charge on any atom is -0.389 e. The Labute approximate surface area is 143 Å². The molecule has 0 saturated carbocycles. The predicted octanol–water partition coefficient (Wildman–Crippen LogP) is 2.17. The number of hydrogen-bond donors (Lipinski definition) is 2. The van der Waals surface area contributed by atoms with Crippen LogP contribution in [0.2, 0.25) is 0 Å². The molecule has 0 aromatic carbocycles. The molecule has 2 heterocycles. The summed E-state index contributed by atoms with van der Waals surface area (Å²) in [6.45, 7) is 10.7. The molecule has 0 bridgehead atoms. The molecule has 2 rings (SSSR count). The van der Waals surface area contributed by atoms with Crippen molar-refractivity contribution in [3.63, 3.8) is 0 Å². The molecule has 0 radical (unpaired) electrons. The summed E-state index contributed by atoms with van der Waals surface area (Å²) in [5.74, 6) is 0. The van der Waals surface area contributed by atoms with Crippen molar-refractivity contribution in [3.05, 3.63) is 22.4 Å². The summed E-state index contributed by atoms with van der Waals surface area (Å²) in [7, 11) is 0. The number of nitrogens with one attached hydrogen (secondary N) is 1. The number of thiophene rings is 1. The van der Waals surface area contributed by atoms with E-state index in [-0.39, 0.29) is 18.1 Å². The molecule has 0 aliphatic carbocycles. The zero-order valence-electron chi connectivity index (χ0n) is 14.6. The number of rotatable bonds is 5. The number of hydrogen-bond acceptors (Lipinski definition) is 4. The van der Waals surface area contributed by atoms with Gasteiger partial charge in [0.25, 0.3) is 0 Å². The third kappa shape index (κ3) is 5.79. The van der Waals surface area contributed by atoms with E-state index in [1.165, 1.54) is 4.88 Å². The van der Waals surface area contributed by atoms with Gasteiger partial charge in [0.15, 0.2) is 0 Å². The first-order valence-corrected chi connectivity index (χ1v) is 9.17. The molecule has 1 aliphatic heterocycles. The van der Waals surface area contributed by atoms with Gasteiger partial charge in [0.05, 0.1) is 5.60 Å². The fraction of sp³-hybridized carbons (Fsp3) is 0.706. The zero-order chi connectivity index (χ0) is 17.0. The lowest BCUT2D eigenvalue weighted by atomic mass is 10.1. The SMILES string of the molecule is C[C@H](Cc1cccs1)NC(=O)N1CCN(CC(C)(C)O)C[C@H]1C. The van der Waals surface area contributed by atoms with Gasteiger partial charge in [0.1, 0.15) is 0 Å². The van der Waals surface area contributed by atoms with E-state index in [2.05, 4.69) is 28.6 Å². The Morgan fingerprint density at radius 1 is 1.52 bits per heavy atom. The van der Waals surface area contributed by atoms with E-state index < -0.39 is 5.60 Å². The molecule has 5 nitrogen and oxygen atoms in total. The summed E-state index contributed by atoms with van der Waals surface area (Å²) >= 11 is 1.72. The minimum absolute atomic E-state index is 0.0180. The van der Waals surface area contributed by atoms with Crippen LogP contribution in [0.25, 0.3) is 0 Å². The van der Waals surface area contributed by atoms with Gasteiger partial charge in [-0.3, -0.25) is 4.90 Å². The van der Waals surface area contributed by atoms with Crippen molar-refractivity contribution in [1.82, 2.24) is 15.1 Å². The number of carbonyl (C=O) groups excluding carboxylic acids is 1. The lowest BCUT2D eigenvalue weighted by Crippen LogP contribution is -2.59. The van der Waals surface area contributed by atoms with Crippen molar-refractivity contribution in [2.75, 3.05) is 26.2 Å². The van der Waals surface area contributed by atoms with Crippen molar-refractivity contribution in [1.29, 1.82) is 0 Å². The van der Waals surface area contributed by atoms with Gasteiger partial charge in [-0.05, 0) is 39.1 Å². The Hall–Kier alpha value is -1.11. The van der Waals surface area contributed by atoms with Crippen molar-refractivity contribution in [2.45, 2.75) is 51.8 Å². The molecule has 2 amide bonds. The number of nitrogens with zero attached hydrogens (tertiary/aromatic N) is 2. The van der Waals surface area contributed by atoms with Crippen molar-refractivity contribution in [2.24, 2.45) is 0 Å². The van der Waals surface area contributed by atoms with Crippen LogP contribution in [0.3, 0.4) is 0 Å². The average molecular weight is 340 g/mol. The van der Waals surface area contributed by atoms with Crippen LogP contribution >= 0.6 is 11.3 Å². The lowest BCUT2D eigenvalue weighted by molar-refractivity contribution is 0.0118. The van der Waals surface area contributed by atoms with Crippen LogP contribution in [0.5, 0.6) is 0 Å². The number of piperazine rings is 1. The first-order valence-electron chi connectivity index (χ1n) is 8.29. The van der Waals surface area contributed by atoms with E-state index in [1.54, 1.807) is 11.3 Å². The first kappa shape index (κ1) is 18.2. The molecule has 0 spiro atoms. The Balaban J connectivity index is 1.81. The Bertz CT molecular complexity index is 498. The molecule has 1 fully saturated rings. The fourth-order valence-electron chi connectivity index (χ4n) is 3.10. The topological polar surface area (TPSA) is 55.8 Å². The van der Waals surface area contributed by atoms with Crippen LogP contribution in [0.4, 0.5) is 4.79 Å². The first-order chi connectivity index (χ1) is 10.7. The summed E-state index contributed by atoms with van der Waals surface area (Å²) in [6, 6.07) is 4.44. The molecule has 2 atom stereocenters. The van der Waals surface area contributed by atoms with E-state index >= 15 is 0 Å².